The van der Waals surface area contributed by atoms with Crippen LogP contribution in [0.15, 0.2) is 18.3 Å². The van der Waals surface area contributed by atoms with Gasteiger partial charge in [-0.2, -0.15) is 0 Å². The number of aromatic nitrogens is 1. The second-order valence-corrected chi connectivity index (χ2v) is 5.46. The minimum atomic E-state index is -0.0429. The lowest BCUT2D eigenvalue weighted by Crippen LogP contribution is -2.38. The van der Waals surface area contributed by atoms with Crippen molar-refractivity contribution in [3.05, 3.63) is 24.0 Å². The first-order valence-electron chi connectivity index (χ1n) is 7.85. The van der Waals surface area contributed by atoms with E-state index in [0.717, 1.165) is 31.6 Å². The molecule has 5 heteroatoms. The van der Waals surface area contributed by atoms with E-state index in [-0.39, 0.29) is 12.5 Å². The van der Waals surface area contributed by atoms with E-state index in [2.05, 4.69) is 22.5 Å². The van der Waals surface area contributed by atoms with Crippen molar-refractivity contribution >= 4 is 5.91 Å². The lowest BCUT2D eigenvalue weighted by molar-refractivity contribution is -0.124. The molecule has 21 heavy (non-hydrogen) atoms. The minimum absolute atomic E-state index is 0.0429. The summed E-state index contributed by atoms with van der Waals surface area (Å²) in [6, 6.07) is 4.10. The Hall–Kier alpha value is -1.62. The first-order chi connectivity index (χ1) is 10.3. The van der Waals surface area contributed by atoms with Crippen molar-refractivity contribution in [2.75, 3.05) is 13.2 Å². The summed E-state index contributed by atoms with van der Waals surface area (Å²) in [5.41, 5.74) is 0.968. The van der Waals surface area contributed by atoms with Gasteiger partial charge < -0.3 is 15.4 Å². The molecule has 1 aromatic heterocycles. The summed E-state index contributed by atoms with van der Waals surface area (Å²) in [4.78, 5) is 16.1. The molecule has 1 heterocycles. The average Bonchev–Trinajstić information content (AvgIpc) is 2.53. The normalized spacial score (nSPS) is 15.7. The van der Waals surface area contributed by atoms with Gasteiger partial charge in [-0.25, -0.2) is 0 Å². The number of rotatable bonds is 7. The number of ether oxygens (including phenoxy) is 1. The molecule has 0 radical (unpaired) electrons. The molecule has 0 unspecified atom stereocenters. The molecule has 2 N–H and O–H groups in total. The monoisotopic (exact) mass is 291 g/mol. The van der Waals surface area contributed by atoms with E-state index in [0.29, 0.717) is 11.8 Å². The molecule has 1 fully saturated rings. The third-order valence-corrected chi connectivity index (χ3v) is 3.69. The van der Waals surface area contributed by atoms with Gasteiger partial charge in [-0.05, 0) is 31.5 Å². The number of nitrogens with one attached hydrogen (secondary N) is 2. The Labute approximate surface area is 126 Å². The fourth-order valence-corrected chi connectivity index (χ4v) is 2.52. The SMILES string of the molecule is CCNCc1ccc(OCC(=O)NC2CCCCC2)cn1. The lowest BCUT2D eigenvalue weighted by atomic mass is 9.95. The molecule has 0 aromatic carbocycles. The van der Waals surface area contributed by atoms with E-state index >= 15 is 0 Å². The van der Waals surface area contributed by atoms with Crippen LogP contribution in [0.25, 0.3) is 0 Å². The standard InChI is InChI=1S/C16H25N3O2/c1-2-17-10-14-8-9-15(11-18-14)21-12-16(20)19-13-6-4-3-5-7-13/h8-9,11,13,17H,2-7,10,12H2,1H3,(H,19,20). The van der Waals surface area contributed by atoms with Crippen LogP contribution in [0.2, 0.25) is 0 Å². The summed E-state index contributed by atoms with van der Waals surface area (Å²) < 4.78 is 5.47. The number of amides is 1. The Balaban J connectivity index is 1.70. The third kappa shape index (κ3) is 5.71. The molecule has 1 saturated carbocycles. The van der Waals surface area contributed by atoms with E-state index in [1.807, 2.05) is 12.1 Å². The highest BCUT2D eigenvalue weighted by atomic mass is 16.5. The molecule has 0 spiro atoms. The van der Waals surface area contributed by atoms with Gasteiger partial charge in [0.2, 0.25) is 0 Å². The van der Waals surface area contributed by atoms with Gasteiger partial charge in [-0.1, -0.05) is 26.2 Å². The van der Waals surface area contributed by atoms with Gasteiger partial charge in [0.05, 0.1) is 11.9 Å². The zero-order valence-electron chi connectivity index (χ0n) is 12.7. The van der Waals surface area contributed by atoms with Gasteiger partial charge in [0.25, 0.3) is 5.91 Å². The molecule has 0 saturated heterocycles. The first kappa shape index (κ1) is 15.8. The zero-order chi connectivity index (χ0) is 14.9. The van der Waals surface area contributed by atoms with Crippen LogP contribution in [-0.2, 0) is 11.3 Å². The average molecular weight is 291 g/mol. The molecule has 0 atom stereocenters. The second-order valence-electron chi connectivity index (χ2n) is 5.46. The highest BCUT2D eigenvalue weighted by molar-refractivity contribution is 5.77. The maximum absolute atomic E-state index is 11.8. The summed E-state index contributed by atoms with van der Waals surface area (Å²) in [6.07, 6.45) is 7.55. The van der Waals surface area contributed by atoms with Crippen LogP contribution in [0.3, 0.4) is 0 Å². The van der Waals surface area contributed by atoms with Crippen molar-refractivity contribution in [2.45, 2.75) is 51.6 Å². The third-order valence-electron chi connectivity index (χ3n) is 3.69. The maximum atomic E-state index is 11.8. The second kappa shape index (κ2) is 8.62. The van der Waals surface area contributed by atoms with E-state index in [1.54, 1.807) is 6.20 Å². The van der Waals surface area contributed by atoms with Gasteiger partial charge in [0.1, 0.15) is 5.75 Å². The largest absolute Gasteiger partial charge is 0.482 e. The molecule has 5 nitrogen and oxygen atoms in total. The van der Waals surface area contributed by atoms with Crippen LogP contribution in [0, 0.1) is 0 Å². The Morgan fingerprint density at radius 3 is 2.81 bits per heavy atom. The van der Waals surface area contributed by atoms with Gasteiger partial charge in [-0.15, -0.1) is 0 Å². The van der Waals surface area contributed by atoms with E-state index in [1.165, 1.54) is 19.3 Å². The Kier molecular flexibility index (Phi) is 6.47. The van der Waals surface area contributed by atoms with Gasteiger partial charge >= 0.3 is 0 Å². The minimum Gasteiger partial charge on any atom is -0.482 e. The van der Waals surface area contributed by atoms with Gasteiger partial charge in [0.15, 0.2) is 6.61 Å². The highest BCUT2D eigenvalue weighted by Gasteiger charge is 2.15. The number of carbonyl (C=O) groups is 1. The molecular weight excluding hydrogens is 266 g/mol. The Bertz CT molecular complexity index is 428. The molecule has 1 amide bonds. The number of hydrogen-bond acceptors (Lipinski definition) is 4. The molecular formula is C16H25N3O2. The van der Waals surface area contributed by atoms with Crippen LogP contribution in [-0.4, -0.2) is 30.1 Å². The van der Waals surface area contributed by atoms with E-state index in [9.17, 15) is 4.79 Å². The molecule has 0 bridgehead atoms. The summed E-state index contributed by atoms with van der Waals surface area (Å²) in [6.45, 7) is 3.79. The van der Waals surface area contributed by atoms with Crippen LogP contribution in [0.1, 0.15) is 44.7 Å². The zero-order valence-corrected chi connectivity index (χ0v) is 12.7. The summed E-state index contributed by atoms with van der Waals surface area (Å²) in [5, 5.41) is 6.25. The molecule has 1 aliphatic rings. The fraction of sp³-hybridized carbons (Fsp3) is 0.625. The van der Waals surface area contributed by atoms with Gasteiger partial charge in [0, 0.05) is 12.6 Å². The Morgan fingerprint density at radius 2 is 2.14 bits per heavy atom. The Morgan fingerprint density at radius 1 is 1.33 bits per heavy atom. The van der Waals surface area contributed by atoms with Crippen molar-refractivity contribution in [2.24, 2.45) is 0 Å². The van der Waals surface area contributed by atoms with Crippen LogP contribution >= 0.6 is 0 Å². The van der Waals surface area contributed by atoms with Crippen molar-refractivity contribution < 1.29 is 9.53 Å². The number of carbonyl (C=O) groups excluding carboxylic acids is 1. The molecule has 1 aliphatic carbocycles. The van der Waals surface area contributed by atoms with E-state index < -0.39 is 0 Å². The van der Waals surface area contributed by atoms with Crippen molar-refractivity contribution in [1.29, 1.82) is 0 Å². The lowest BCUT2D eigenvalue weighted by Gasteiger charge is -2.22. The summed E-state index contributed by atoms with van der Waals surface area (Å²) in [5.74, 6) is 0.590. The fourth-order valence-electron chi connectivity index (χ4n) is 2.52. The quantitative estimate of drug-likeness (QED) is 0.807. The van der Waals surface area contributed by atoms with Crippen LogP contribution in [0.5, 0.6) is 5.75 Å². The van der Waals surface area contributed by atoms with Crippen LogP contribution < -0.4 is 15.4 Å². The maximum Gasteiger partial charge on any atom is 0.258 e. The van der Waals surface area contributed by atoms with Crippen molar-refractivity contribution in [1.82, 2.24) is 15.6 Å². The molecule has 2 rings (SSSR count). The van der Waals surface area contributed by atoms with Gasteiger partial charge in [-0.3, -0.25) is 9.78 Å². The number of pyridine rings is 1. The predicted octanol–water partition coefficient (Wildman–Crippen LogP) is 2.02. The first-order valence-corrected chi connectivity index (χ1v) is 7.85. The number of nitrogens with zero attached hydrogens (tertiary/aromatic N) is 1. The highest BCUT2D eigenvalue weighted by Crippen LogP contribution is 2.17. The smallest absolute Gasteiger partial charge is 0.258 e. The van der Waals surface area contributed by atoms with E-state index in [4.69, 9.17) is 4.74 Å². The number of hydrogen-bond donors (Lipinski definition) is 2. The van der Waals surface area contributed by atoms with Crippen molar-refractivity contribution in [3.63, 3.8) is 0 Å². The predicted molar refractivity (Wildman–Crippen MR) is 82.1 cm³/mol. The topological polar surface area (TPSA) is 63.2 Å². The summed E-state index contributed by atoms with van der Waals surface area (Å²) in [7, 11) is 0. The van der Waals surface area contributed by atoms with Crippen molar-refractivity contribution in [3.8, 4) is 5.75 Å². The van der Waals surface area contributed by atoms with Crippen LogP contribution in [0.4, 0.5) is 0 Å². The molecule has 0 aliphatic heterocycles. The molecule has 116 valence electrons. The molecule has 1 aromatic rings. The summed E-state index contributed by atoms with van der Waals surface area (Å²) >= 11 is 0.